The van der Waals surface area contributed by atoms with Gasteiger partial charge < -0.3 is 10.0 Å². The van der Waals surface area contributed by atoms with Crippen LogP contribution in [0.5, 0.6) is 0 Å². The highest BCUT2D eigenvalue weighted by molar-refractivity contribution is 7.08. The minimum absolute atomic E-state index is 0.00118. The monoisotopic (exact) mass is 297 g/mol. The molecule has 1 aromatic heterocycles. The van der Waals surface area contributed by atoms with Crippen LogP contribution in [0.15, 0.2) is 0 Å². The Balaban J connectivity index is 1.93. The Morgan fingerprint density at radius 3 is 3.00 bits per heavy atom. The van der Waals surface area contributed by atoms with Crippen LogP contribution in [0.25, 0.3) is 0 Å². The molecule has 0 aliphatic carbocycles. The van der Waals surface area contributed by atoms with Gasteiger partial charge >= 0.3 is 5.97 Å². The Hall–Kier alpha value is -1.50. The Morgan fingerprint density at radius 2 is 2.30 bits per heavy atom. The Morgan fingerprint density at radius 1 is 1.50 bits per heavy atom. The second-order valence-electron chi connectivity index (χ2n) is 5.14. The zero-order valence-electron chi connectivity index (χ0n) is 11.5. The molecule has 1 amide bonds. The van der Waals surface area contributed by atoms with Gasteiger partial charge in [-0.25, -0.2) is 0 Å². The van der Waals surface area contributed by atoms with Crippen molar-refractivity contribution in [1.82, 2.24) is 14.5 Å². The van der Waals surface area contributed by atoms with E-state index in [0.717, 1.165) is 36.5 Å². The molecule has 6 nitrogen and oxygen atoms in total. The topological polar surface area (TPSA) is 83.4 Å². The fourth-order valence-electron chi connectivity index (χ4n) is 2.50. The molecule has 0 radical (unpaired) electrons. The van der Waals surface area contributed by atoms with Gasteiger partial charge in [0.15, 0.2) is 0 Å². The van der Waals surface area contributed by atoms with Crippen molar-refractivity contribution in [3.05, 3.63) is 10.6 Å². The number of rotatable bonds is 6. The molecule has 0 saturated carbocycles. The number of hydrogen-bond donors (Lipinski definition) is 1. The maximum atomic E-state index is 12.4. The van der Waals surface area contributed by atoms with Crippen molar-refractivity contribution in [2.75, 3.05) is 13.1 Å². The molecular weight excluding hydrogens is 278 g/mol. The van der Waals surface area contributed by atoms with Gasteiger partial charge in [0, 0.05) is 19.5 Å². The second-order valence-corrected chi connectivity index (χ2v) is 5.89. The van der Waals surface area contributed by atoms with Gasteiger partial charge in [0.1, 0.15) is 4.88 Å². The third-order valence-corrected chi connectivity index (χ3v) is 4.33. The van der Waals surface area contributed by atoms with Crippen LogP contribution in [-0.4, -0.2) is 44.6 Å². The lowest BCUT2D eigenvalue weighted by molar-refractivity contribution is -0.137. The zero-order chi connectivity index (χ0) is 14.5. The lowest BCUT2D eigenvalue weighted by Crippen LogP contribution is -2.28. The van der Waals surface area contributed by atoms with Gasteiger partial charge in [-0.3, -0.25) is 9.59 Å². The van der Waals surface area contributed by atoms with Gasteiger partial charge in [-0.15, -0.1) is 5.10 Å². The van der Waals surface area contributed by atoms with Crippen molar-refractivity contribution in [2.24, 2.45) is 5.92 Å². The highest BCUT2D eigenvalue weighted by atomic mass is 32.1. The van der Waals surface area contributed by atoms with E-state index >= 15 is 0 Å². The van der Waals surface area contributed by atoms with Crippen LogP contribution in [0, 0.1) is 5.92 Å². The van der Waals surface area contributed by atoms with Gasteiger partial charge in [-0.05, 0) is 36.7 Å². The van der Waals surface area contributed by atoms with Crippen LogP contribution >= 0.6 is 11.5 Å². The predicted octanol–water partition coefficient (Wildman–Crippen LogP) is 1.82. The van der Waals surface area contributed by atoms with Crippen molar-refractivity contribution in [3.8, 4) is 0 Å². The Bertz CT molecular complexity index is 489. The Labute approximate surface area is 122 Å². The molecule has 0 spiro atoms. The Kier molecular flexibility index (Phi) is 5.05. The van der Waals surface area contributed by atoms with Crippen molar-refractivity contribution in [2.45, 2.75) is 39.0 Å². The number of aromatic nitrogens is 2. The van der Waals surface area contributed by atoms with E-state index in [4.69, 9.17) is 5.11 Å². The van der Waals surface area contributed by atoms with Crippen molar-refractivity contribution in [3.63, 3.8) is 0 Å². The first kappa shape index (κ1) is 14.9. The predicted molar refractivity (Wildman–Crippen MR) is 74.8 cm³/mol. The van der Waals surface area contributed by atoms with Crippen molar-refractivity contribution >= 4 is 23.4 Å². The third-order valence-electron chi connectivity index (χ3n) is 3.58. The highest BCUT2D eigenvalue weighted by Crippen LogP contribution is 2.24. The van der Waals surface area contributed by atoms with Gasteiger partial charge in [0.05, 0.1) is 5.69 Å². The minimum Gasteiger partial charge on any atom is -0.481 e. The van der Waals surface area contributed by atoms with Gasteiger partial charge in [-0.1, -0.05) is 17.8 Å². The largest absolute Gasteiger partial charge is 0.481 e. The maximum absolute atomic E-state index is 12.4. The zero-order valence-corrected chi connectivity index (χ0v) is 12.4. The van der Waals surface area contributed by atoms with Crippen LogP contribution in [0.3, 0.4) is 0 Å². The molecule has 1 aromatic rings. The van der Waals surface area contributed by atoms with Gasteiger partial charge in [0.25, 0.3) is 5.91 Å². The first-order valence-electron chi connectivity index (χ1n) is 6.94. The van der Waals surface area contributed by atoms with Crippen LogP contribution < -0.4 is 0 Å². The van der Waals surface area contributed by atoms with Crippen LogP contribution in [0.4, 0.5) is 0 Å². The average molecular weight is 297 g/mol. The standard InChI is InChI=1S/C13H19N3O3S/c1-2-3-10-12(20-15-14-10)13(19)16-7-6-9(8-16)4-5-11(17)18/h9H,2-8H2,1H3,(H,17,18). The molecule has 7 heteroatoms. The smallest absolute Gasteiger partial charge is 0.303 e. The number of likely N-dealkylation sites (tertiary alicyclic amines) is 1. The normalized spacial score (nSPS) is 18.4. The molecule has 1 N–H and O–H groups in total. The summed E-state index contributed by atoms with van der Waals surface area (Å²) < 4.78 is 3.88. The van der Waals surface area contributed by atoms with Gasteiger partial charge in [-0.2, -0.15) is 0 Å². The molecular formula is C13H19N3O3S. The van der Waals surface area contributed by atoms with E-state index in [2.05, 4.69) is 9.59 Å². The molecule has 0 aromatic carbocycles. The summed E-state index contributed by atoms with van der Waals surface area (Å²) in [4.78, 5) is 25.5. The first-order chi connectivity index (χ1) is 9.61. The van der Waals surface area contributed by atoms with Gasteiger partial charge in [0.2, 0.25) is 0 Å². The number of nitrogens with zero attached hydrogens (tertiary/aromatic N) is 3. The van der Waals surface area contributed by atoms with Crippen molar-refractivity contribution in [1.29, 1.82) is 0 Å². The number of carboxylic acids is 1. The first-order valence-corrected chi connectivity index (χ1v) is 7.71. The number of carbonyl (C=O) groups excluding carboxylic acids is 1. The summed E-state index contributed by atoms with van der Waals surface area (Å²) in [5.41, 5.74) is 0.788. The van der Waals surface area contributed by atoms with E-state index in [-0.39, 0.29) is 12.3 Å². The number of amides is 1. The molecule has 1 saturated heterocycles. The van der Waals surface area contributed by atoms with E-state index in [1.54, 1.807) is 4.90 Å². The van der Waals surface area contributed by atoms with Crippen molar-refractivity contribution < 1.29 is 14.7 Å². The summed E-state index contributed by atoms with van der Waals surface area (Å²) >= 11 is 1.16. The number of aliphatic carboxylic acids is 1. The molecule has 1 unspecified atom stereocenters. The van der Waals surface area contributed by atoms with Crippen LogP contribution in [-0.2, 0) is 11.2 Å². The molecule has 1 aliphatic heterocycles. The van der Waals surface area contributed by atoms with Crippen LogP contribution in [0.1, 0.15) is 48.0 Å². The highest BCUT2D eigenvalue weighted by Gasteiger charge is 2.29. The molecule has 2 heterocycles. The minimum atomic E-state index is -0.772. The van der Waals surface area contributed by atoms with E-state index < -0.39 is 5.97 Å². The number of carbonyl (C=O) groups is 2. The molecule has 110 valence electrons. The lowest BCUT2D eigenvalue weighted by Gasteiger charge is -2.15. The van der Waals surface area contributed by atoms with E-state index in [0.29, 0.717) is 30.3 Å². The molecule has 1 atom stereocenters. The summed E-state index contributed by atoms with van der Waals surface area (Å²) in [5.74, 6) is -0.474. The maximum Gasteiger partial charge on any atom is 0.303 e. The molecule has 20 heavy (non-hydrogen) atoms. The summed E-state index contributed by atoms with van der Waals surface area (Å²) in [7, 11) is 0. The SMILES string of the molecule is CCCc1nnsc1C(=O)N1CCC(CCC(=O)O)C1. The molecule has 1 fully saturated rings. The molecule has 0 bridgehead atoms. The summed E-state index contributed by atoms with van der Waals surface area (Å²) in [6, 6.07) is 0. The summed E-state index contributed by atoms with van der Waals surface area (Å²) in [5, 5.41) is 12.7. The van der Waals surface area contributed by atoms with E-state index in [1.165, 1.54) is 0 Å². The number of hydrogen-bond acceptors (Lipinski definition) is 5. The average Bonchev–Trinajstić information content (AvgIpc) is 3.05. The fraction of sp³-hybridized carbons (Fsp3) is 0.692. The van der Waals surface area contributed by atoms with E-state index in [9.17, 15) is 9.59 Å². The summed E-state index contributed by atoms with van der Waals surface area (Å²) in [6.45, 7) is 3.40. The number of carboxylic acid groups (broad SMARTS) is 1. The number of aryl methyl sites for hydroxylation is 1. The fourth-order valence-corrected chi connectivity index (χ4v) is 3.17. The third kappa shape index (κ3) is 3.53. The quantitative estimate of drug-likeness (QED) is 0.866. The second kappa shape index (κ2) is 6.78. The molecule has 1 aliphatic rings. The van der Waals surface area contributed by atoms with E-state index in [1.807, 2.05) is 6.92 Å². The summed E-state index contributed by atoms with van der Waals surface area (Å²) in [6.07, 6.45) is 3.41. The lowest BCUT2D eigenvalue weighted by atomic mass is 10.0. The molecule has 2 rings (SSSR count). The van der Waals surface area contributed by atoms with Crippen LogP contribution in [0.2, 0.25) is 0 Å².